The summed E-state index contributed by atoms with van der Waals surface area (Å²) in [5.41, 5.74) is 1.46. The van der Waals surface area contributed by atoms with E-state index in [2.05, 4.69) is 10.4 Å². The molecule has 0 unspecified atom stereocenters. The number of aromatic nitrogens is 2. The number of hydrogen-bond acceptors (Lipinski definition) is 4. The second-order valence-electron chi connectivity index (χ2n) is 5.56. The highest BCUT2D eigenvalue weighted by atomic mass is 35.5. The Hall–Kier alpha value is -2.99. The number of ether oxygens (including phenoxy) is 2. The molecule has 0 atom stereocenters. The number of anilines is 1. The largest absolute Gasteiger partial charge is 0.497 e. The molecule has 3 aromatic rings. The van der Waals surface area contributed by atoms with E-state index < -0.39 is 0 Å². The Morgan fingerprint density at radius 2 is 1.73 bits per heavy atom. The van der Waals surface area contributed by atoms with E-state index in [1.165, 1.54) is 14.2 Å². The third kappa shape index (κ3) is 4.15. The van der Waals surface area contributed by atoms with Gasteiger partial charge < -0.3 is 14.8 Å². The molecule has 0 aliphatic rings. The monoisotopic (exact) mass is 371 g/mol. The van der Waals surface area contributed by atoms with Crippen molar-refractivity contribution < 1.29 is 14.3 Å². The van der Waals surface area contributed by atoms with Gasteiger partial charge in [-0.2, -0.15) is 5.10 Å². The topological polar surface area (TPSA) is 65.4 Å². The van der Waals surface area contributed by atoms with Gasteiger partial charge in [-0.25, -0.2) is 4.68 Å². The Labute approximate surface area is 156 Å². The predicted molar refractivity (Wildman–Crippen MR) is 100 cm³/mol. The molecule has 6 nitrogen and oxygen atoms in total. The smallest absolute Gasteiger partial charge is 0.257 e. The molecule has 3 rings (SSSR count). The maximum atomic E-state index is 12.6. The van der Waals surface area contributed by atoms with Gasteiger partial charge in [0.2, 0.25) is 0 Å². The first kappa shape index (κ1) is 17.8. The fourth-order valence-corrected chi connectivity index (χ4v) is 2.58. The third-order valence-electron chi connectivity index (χ3n) is 3.82. The summed E-state index contributed by atoms with van der Waals surface area (Å²) in [6.07, 6.45) is 1.64. The number of rotatable bonds is 6. The minimum absolute atomic E-state index is 0.278. The van der Waals surface area contributed by atoms with E-state index in [1.807, 2.05) is 24.3 Å². The zero-order chi connectivity index (χ0) is 18.5. The van der Waals surface area contributed by atoms with Crippen molar-refractivity contribution in [3.8, 4) is 11.5 Å². The fraction of sp³-hybridized carbons (Fsp3) is 0.158. The molecule has 7 heteroatoms. The molecule has 1 aromatic heterocycles. The standard InChI is InChI=1S/C19H18ClN3O3/c1-25-16-9-14(10-17(11-16)26-2)19(24)22-18-7-8-21-23(18)12-13-3-5-15(20)6-4-13/h3-11H,12H2,1-2H3,(H,22,24). The van der Waals surface area contributed by atoms with Gasteiger partial charge in [-0.3, -0.25) is 4.79 Å². The number of nitrogens with zero attached hydrogens (tertiary/aromatic N) is 2. The summed E-state index contributed by atoms with van der Waals surface area (Å²) in [5.74, 6) is 1.40. The van der Waals surface area contributed by atoms with E-state index in [-0.39, 0.29) is 5.91 Å². The highest BCUT2D eigenvalue weighted by Gasteiger charge is 2.13. The molecule has 0 fully saturated rings. The summed E-state index contributed by atoms with van der Waals surface area (Å²) < 4.78 is 12.1. The molecule has 0 aliphatic carbocycles. The summed E-state index contributed by atoms with van der Waals surface area (Å²) in [7, 11) is 3.08. The number of methoxy groups -OCH3 is 2. The molecular formula is C19H18ClN3O3. The molecule has 0 aliphatic heterocycles. The molecule has 0 bridgehead atoms. The number of carbonyl (C=O) groups is 1. The highest BCUT2D eigenvalue weighted by Crippen LogP contribution is 2.23. The van der Waals surface area contributed by atoms with Gasteiger partial charge in [0.05, 0.1) is 27.0 Å². The van der Waals surface area contributed by atoms with Gasteiger partial charge in [-0.15, -0.1) is 0 Å². The first-order chi connectivity index (χ1) is 12.6. The number of nitrogens with one attached hydrogen (secondary N) is 1. The van der Waals surface area contributed by atoms with E-state index in [1.54, 1.807) is 35.1 Å². The van der Waals surface area contributed by atoms with Gasteiger partial charge >= 0.3 is 0 Å². The summed E-state index contributed by atoms with van der Waals surface area (Å²) in [6.45, 7) is 0.515. The van der Waals surface area contributed by atoms with Crippen molar-refractivity contribution in [3.05, 3.63) is 70.9 Å². The van der Waals surface area contributed by atoms with Crippen molar-refractivity contribution in [2.45, 2.75) is 6.54 Å². The highest BCUT2D eigenvalue weighted by molar-refractivity contribution is 6.30. The molecule has 1 amide bonds. The van der Waals surface area contributed by atoms with Crippen LogP contribution in [0.25, 0.3) is 0 Å². The van der Waals surface area contributed by atoms with Crippen LogP contribution in [0.2, 0.25) is 5.02 Å². The fourth-order valence-electron chi connectivity index (χ4n) is 2.45. The van der Waals surface area contributed by atoms with E-state index in [9.17, 15) is 4.79 Å². The first-order valence-corrected chi connectivity index (χ1v) is 8.27. The maximum absolute atomic E-state index is 12.6. The van der Waals surface area contributed by atoms with Crippen molar-refractivity contribution in [1.82, 2.24) is 9.78 Å². The van der Waals surface area contributed by atoms with E-state index in [0.717, 1.165) is 5.56 Å². The number of hydrogen-bond donors (Lipinski definition) is 1. The van der Waals surface area contributed by atoms with Gasteiger partial charge in [0.15, 0.2) is 0 Å². The van der Waals surface area contributed by atoms with Gasteiger partial charge in [0, 0.05) is 22.7 Å². The molecule has 134 valence electrons. The van der Waals surface area contributed by atoms with Crippen LogP contribution in [-0.2, 0) is 6.54 Å². The number of carbonyl (C=O) groups excluding carboxylic acids is 1. The number of benzene rings is 2. The van der Waals surface area contributed by atoms with Crippen LogP contribution in [0, 0.1) is 0 Å². The lowest BCUT2D eigenvalue weighted by atomic mass is 10.2. The lowest BCUT2D eigenvalue weighted by Gasteiger charge is -2.11. The van der Waals surface area contributed by atoms with Gasteiger partial charge in [-0.1, -0.05) is 23.7 Å². The van der Waals surface area contributed by atoms with Crippen molar-refractivity contribution in [2.24, 2.45) is 0 Å². The van der Waals surface area contributed by atoms with E-state index in [4.69, 9.17) is 21.1 Å². The Balaban J connectivity index is 1.78. The summed E-state index contributed by atoms with van der Waals surface area (Å²) in [4.78, 5) is 12.6. The first-order valence-electron chi connectivity index (χ1n) is 7.89. The summed E-state index contributed by atoms with van der Waals surface area (Å²) in [5, 5.41) is 7.81. The molecule has 0 radical (unpaired) electrons. The number of amides is 1. The average Bonchev–Trinajstić information content (AvgIpc) is 3.09. The third-order valence-corrected chi connectivity index (χ3v) is 4.07. The van der Waals surface area contributed by atoms with Crippen molar-refractivity contribution in [1.29, 1.82) is 0 Å². The Kier molecular flexibility index (Phi) is 5.43. The van der Waals surface area contributed by atoms with Crippen molar-refractivity contribution in [3.63, 3.8) is 0 Å². The van der Waals surface area contributed by atoms with Crippen LogP contribution in [0.1, 0.15) is 15.9 Å². The van der Waals surface area contributed by atoms with Crippen molar-refractivity contribution in [2.75, 3.05) is 19.5 Å². The zero-order valence-corrected chi connectivity index (χ0v) is 15.2. The summed E-state index contributed by atoms with van der Waals surface area (Å²) in [6, 6.07) is 14.2. The molecule has 0 spiro atoms. The quantitative estimate of drug-likeness (QED) is 0.714. The summed E-state index contributed by atoms with van der Waals surface area (Å²) >= 11 is 5.91. The Bertz CT molecular complexity index is 884. The van der Waals surface area contributed by atoms with E-state index in [0.29, 0.717) is 34.4 Å². The van der Waals surface area contributed by atoms with E-state index >= 15 is 0 Å². The average molecular weight is 372 g/mol. The van der Waals surface area contributed by atoms with Gasteiger partial charge in [0.1, 0.15) is 17.3 Å². The molecular weight excluding hydrogens is 354 g/mol. The Morgan fingerprint density at radius 1 is 1.08 bits per heavy atom. The van der Waals surface area contributed by atoms with Gasteiger partial charge in [-0.05, 0) is 29.8 Å². The SMILES string of the molecule is COc1cc(OC)cc(C(=O)Nc2ccnn2Cc2ccc(Cl)cc2)c1. The zero-order valence-electron chi connectivity index (χ0n) is 14.4. The predicted octanol–water partition coefficient (Wildman–Crippen LogP) is 3.85. The minimum Gasteiger partial charge on any atom is -0.497 e. The van der Waals surface area contributed by atoms with Crippen LogP contribution in [-0.4, -0.2) is 29.9 Å². The Morgan fingerprint density at radius 3 is 2.35 bits per heavy atom. The normalized spacial score (nSPS) is 10.4. The molecule has 26 heavy (non-hydrogen) atoms. The number of halogens is 1. The lowest BCUT2D eigenvalue weighted by Crippen LogP contribution is -2.16. The second-order valence-corrected chi connectivity index (χ2v) is 5.99. The van der Waals surface area contributed by atoms with Crippen LogP contribution in [0.5, 0.6) is 11.5 Å². The molecule has 0 saturated carbocycles. The molecule has 1 N–H and O–H groups in total. The molecule has 1 heterocycles. The molecule has 2 aromatic carbocycles. The molecule has 0 saturated heterocycles. The second kappa shape index (κ2) is 7.93. The van der Waals surface area contributed by atoms with Crippen LogP contribution in [0.15, 0.2) is 54.7 Å². The van der Waals surface area contributed by atoms with Crippen LogP contribution in [0.4, 0.5) is 5.82 Å². The van der Waals surface area contributed by atoms with Crippen molar-refractivity contribution >= 4 is 23.3 Å². The van der Waals surface area contributed by atoms with Crippen LogP contribution in [0.3, 0.4) is 0 Å². The minimum atomic E-state index is -0.278. The maximum Gasteiger partial charge on any atom is 0.257 e. The van der Waals surface area contributed by atoms with Gasteiger partial charge in [0.25, 0.3) is 5.91 Å². The van der Waals surface area contributed by atoms with Crippen LogP contribution >= 0.6 is 11.6 Å². The van der Waals surface area contributed by atoms with Crippen LogP contribution < -0.4 is 14.8 Å². The lowest BCUT2D eigenvalue weighted by molar-refractivity contribution is 0.102.